The van der Waals surface area contributed by atoms with Crippen molar-refractivity contribution in [3.63, 3.8) is 0 Å². The highest BCUT2D eigenvalue weighted by atomic mass is 16.1. The van der Waals surface area contributed by atoms with Gasteiger partial charge in [0.2, 0.25) is 5.91 Å². The third-order valence-corrected chi connectivity index (χ3v) is 5.20. The Morgan fingerprint density at radius 3 is 2.78 bits per heavy atom. The van der Waals surface area contributed by atoms with Gasteiger partial charge in [0, 0.05) is 57.3 Å². The molecule has 2 heterocycles. The minimum absolute atomic E-state index is 0.193. The van der Waals surface area contributed by atoms with Gasteiger partial charge in [0.1, 0.15) is 0 Å². The van der Waals surface area contributed by atoms with Crippen LogP contribution in [0.5, 0.6) is 0 Å². The van der Waals surface area contributed by atoms with Crippen LogP contribution in [0.25, 0.3) is 0 Å². The van der Waals surface area contributed by atoms with Crippen molar-refractivity contribution in [3.8, 4) is 0 Å². The molecule has 1 aromatic heterocycles. The van der Waals surface area contributed by atoms with Gasteiger partial charge in [-0.05, 0) is 38.3 Å². The minimum Gasteiger partial charge on any atom is -0.355 e. The zero-order valence-corrected chi connectivity index (χ0v) is 14.2. The number of nitrogens with one attached hydrogen (secondary N) is 2. The summed E-state index contributed by atoms with van der Waals surface area (Å²) in [6, 6.07) is 0. The van der Waals surface area contributed by atoms with E-state index in [9.17, 15) is 4.79 Å². The highest BCUT2D eigenvalue weighted by Gasteiger charge is 2.44. The predicted octanol–water partition coefficient (Wildman–Crippen LogP) is 0.876. The molecule has 1 aromatic rings. The summed E-state index contributed by atoms with van der Waals surface area (Å²) in [7, 11) is 2.19. The van der Waals surface area contributed by atoms with E-state index in [4.69, 9.17) is 0 Å². The summed E-state index contributed by atoms with van der Waals surface area (Å²) in [6.45, 7) is 6.65. The first-order chi connectivity index (χ1) is 11.2. The molecule has 1 saturated carbocycles. The Morgan fingerprint density at radius 2 is 2.13 bits per heavy atom. The standard InChI is InChI=1S/C17H29N5O/c1-21-7-9-22(10-8-21)14-17(5-6-17)13-18-16(23)4-2-3-15-11-19-20-12-15/h11-12H,2-10,13-14H2,1H3,(H,18,23)(H,19,20). The van der Waals surface area contributed by atoms with Crippen molar-refractivity contribution in [1.29, 1.82) is 0 Å². The van der Waals surface area contributed by atoms with Crippen molar-refractivity contribution in [2.75, 3.05) is 46.3 Å². The van der Waals surface area contributed by atoms with E-state index >= 15 is 0 Å². The number of H-pyrrole nitrogens is 1. The lowest BCUT2D eigenvalue weighted by Crippen LogP contribution is -2.47. The second-order valence-corrected chi connectivity index (χ2v) is 7.32. The van der Waals surface area contributed by atoms with E-state index in [1.54, 1.807) is 0 Å². The molecule has 0 atom stereocenters. The number of aryl methyl sites for hydroxylation is 1. The molecule has 0 unspecified atom stereocenters. The van der Waals surface area contributed by atoms with Crippen LogP contribution in [0, 0.1) is 5.41 Å². The van der Waals surface area contributed by atoms with Gasteiger partial charge in [0.25, 0.3) is 0 Å². The smallest absolute Gasteiger partial charge is 0.220 e. The van der Waals surface area contributed by atoms with E-state index in [0.29, 0.717) is 11.8 Å². The molecule has 1 aliphatic heterocycles. The van der Waals surface area contributed by atoms with E-state index in [1.807, 2.05) is 12.4 Å². The second-order valence-electron chi connectivity index (χ2n) is 7.32. The second kappa shape index (κ2) is 7.45. The quantitative estimate of drug-likeness (QED) is 0.746. The van der Waals surface area contributed by atoms with E-state index in [0.717, 1.165) is 52.1 Å². The first-order valence-corrected chi connectivity index (χ1v) is 8.81. The number of hydrogen-bond acceptors (Lipinski definition) is 4. The van der Waals surface area contributed by atoms with E-state index in [2.05, 4.69) is 32.4 Å². The third-order valence-electron chi connectivity index (χ3n) is 5.20. The predicted molar refractivity (Wildman–Crippen MR) is 90.1 cm³/mol. The molecular weight excluding hydrogens is 290 g/mol. The maximum absolute atomic E-state index is 12.0. The van der Waals surface area contributed by atoms with Gasteiger partial charge < -0.3 is 15.1 Å². The van der Waals surface area contributed by atoms with Crippen molar-refractivity contribution in [2.24, 2.45) is 5.41 Å². The molecule has 128 valence electrons. The highest BCUT2D eigenvalue weighted by Crippen LogP contribution is 2.45. The van der Waals surface area contributed by atoms with Crippen LogP contribution >= 0.6 is 0 Å². The van der Waals surface area contributed by atoms with E-state index < -0.39 is 0 Å². The molecule has 0 aromatic carbocycles. The lowest BCUT2D eigenvalue weighted by molar-refractivity contribution is -0.121. The molecule has 3 rings (SSSR count). The number of aromatic amines is 1. The zero-order valence-electron chi connectivity index (χ0n) is 14.2. The summed E-state index contributed by atoms with van der Waals surface area (Å²) in [5, 5.41) is 9.89. The largest absolute Gasteiger partial charge is 0.355 e. The number of amides is 1. The summed E-state index contributed by atoms with van der Waals surface area (Å²) in [5.74, 6) is 0.193. The Balaban J connectivity index is 1.32. The van der Waals surface area contributed by atoms with Crippen LogP contribution in [0.1, 0.15) is 31.2 Å². The maximum atomic E-state index is 12.0. The summed E-state index contributed by atoms with van der Waals surface area (Å²) in [4.78, 5) is 17.0. The van der Waals surface area contributed by atoms with Crippen molar-refractivity contribution in [1.82, 2.24) is 25.3 Å². The fourth-order valence-electron chi connectivity index (χ4n) is 3.29. The van der Waals surface area contributed by atoms with Gasteiger partial charge in [0.05, 0.1) is 6.20 Å². The fourth-order valence-corrected chi connectivity index (χ4v) is 3.29. The fraction of sp³-hybridized carbons (Fsp3) is 0.765. The maximum Gasteiger partial charge on any atom is 0.220 e. The number of hydrogen-bond donors (Lipinski definition) is 2. The van der Waals surface area contributed by atoms with Crippen molar-refractivity contribution < 1.29 is 4.79 Å². The van der Waals surface area contributed by atoms with Crippen LogP contribution in [-0.4, -0.2) is 72.2 Å². The Kier molecular flexibility index (Phi) is 5.33. The van der Waals surface area contributed by atoms with Gasteiger partial charge >= 0.3 is 0 Å². The SMILES string of the molecule is CN1CCN(CC2(CNC(=O)CCCc3cn[nH]c3)CC2)CC1. The first-order valence-electron chi connectivity index (χ1n) is 8.81. The molecule has 0 bridgehead atoms. The highest BCUT2D eigenvalue weighted by molar-refractivity contribution is 5.75. The Labute approximate surface area is 138 Å². The van der Waals surface area contributed by atoms with Gasteiger partial charge in [-0.25, -0.2) is 0 Å². The molecule has 23 heavy (non-hydrogen) atoms. The number of aromatic nitrogens is 2. The molecule has 2 N–H and O–H groups in total. The number of piperazine rings is 1. The van der Waals surface area contributed by atoms with Gasteiger partial charge in [-0.1, -0.05) is 0 Å². The molecule has 6 nitrogen and oxygen atoms in total. The van der Waals surface area contributed by atoms with Crippen molar-refractivity contribution in [3.05, 3.63) is 18.0 Å². The van der Waals surface area contributed by atoms with Crippen LogP contribution in [0.15, 0.2) is 12.4 Å². The molecular formula is C17H29N5O. The monoisotopic (exact) mass is 319 g/mol. The molecule has 1 saturated heterocycles. The molecule has 1 aliphatic carbocycles. The Hall–Kier alpha value is -1.40. The summed E-state index contributed by atoms with van der Waals surface area (Å²) >= 11 is 0. The van der Waals surface area contributed by atoms with Crippen LogP contribution in [-0.2, 0) is 11.2 Å². The van der Waals surface area contributed by atoms with Crippen molar-refractivity contribution >= 4 is 5.91 Å². The average Bonchev–Trinajstić information content (AvgIpc) is 3.10. The average molecular weight is 319 g/mol. The van der Waals surface area contributed by atoms with Crippen LogP contribution < -0.4 is 5.32 Å². The lowest BCUT2D eigenvalue weighted by atomic mass is 10.1. The number of likely N-dealkylation sites (N-methyl/N-ethyl adjacent to an activating group) is 1. The minimum atomic E-state index is 0.193. The van der Waals surface area contributed by atoms with Crippen LogP contribution in [0.3, 0.4) is 0 Å². The van der Waals surface area contributed by atoms with E-state index in [1.165, 1.54) is 18.4 Å². The van der Waals surface area contributed by atoms with E-state index in [-0.39, 0.29) is 5.91 Å². The topological polar surface area (TPSA) is 64.3 Å². The number of carbonyl (C=O) groups excluding carboxylic acids is 1. The first kappa shape index (κ1) is 16.5. The molecule has 2 aliphatic rings. The molecule has 6 heteroatoms. The number of nitrogens with zero attached hydrogens (tertiary/aromatic N) is 3. The Morgan fingerprint density at radius 1 is 1.35 bits per heavy atom. The van der Waals surface area contributed by atoms with Gasteiger partial charge in [0.15, 0.2) is 0 Å². The zero-order chi connectivity index (χ0) is 16.1. The normalized spacial score (nSPS) is 21.3. The molecule has 2 fully saturated rings. The number of carbonyl (C=O) groups is 1. The molecule has 1 amide bonds. The van der Waals surface area contributed by atoms with Crippen LogP contribution in [0.2, 0.25) is 0 Å². The lowest BCUT2D eigenvalue weighted by Gasteiger charge is -2.34. The summed E-state index contributed by atoms with van der Waals surface area (Å²) in [6.07, 6.45) is 8.65. The van der Waals surface area contributed by atoms with Gasteiger partial charge in [-0.15, -0.1) is 0 Å². The number of rotatable bonds is 8. The summed E-state index contributed by atoms with van der Waals surface area (Å²) < 4.78 is 0. The van der Waals surface area contributed by atoms with Crippen LogP contribution in [0.4, 0.5) is 0 Å². The Bertz CT molecular complexity index is 489. The van der Waals surface area contributed by atoms with Gasteiger partial charge in [-0.3, -0.25) is 9.89 Å². The third kappa shape index (κ3) is 5.04. The van der Waals surface area contributed by atoms with Gasteiger partial charge in [-0.2, -0.15) is 5.10 Å². The summed E-state index contributed by atoms with van der Waals surface area (Å²) in [5.41, 5.74) is 1.53. The molecule has 0 radical (unpaired) electrons. The van der Waals surface area contributed by atoms with Crippen molar-refractivity contribution in [2.45, 2.75) is 32.1 Å². The molecule has 0 spiro atoms.